The van der Waals surface area contributed by atoms with Crippen LogP contribution in [0, 0.1) is 6.92 Å². The molecule has 1 aromatic rings. The lowest BCUT2D eigenvalue weighted by molar-refractivity contribution is -0.142. The van der Waals surface area contributed by atoms with Crippen LogP contribution in [0.2, 0.25) is 0 Å². The Kier molecular flexibility index (Phi) is 5.51. The van der Waals surface area contributed by atoms with Crippen molar-refractivity contribution in [3.8, 4) is 5.75 Å². The molecule has 0 saturated carbocycles. The average Bonchev–Trinajstić information content (AvgIpc) is 3.09. The molecule has 1 amide bonds. The first kappa shape index (κ1) is 16.3. The molecule has 2 aliphatic rings. The van der Waals surface area contributed by atoms with Gasteiger partial charge in [-0.05, 0) is 37.5 Å². The second kappa shape index (κ2) is 7.79. The van der Waals surface area contributed by atoms with E-state index >= 15 is 0 Å². The molecule has 1 atom stereocenters. The first-order valence-electron chi connectivity index (χ1n) is 8.54. The number of rotatable bonds is 5. The van der Waals surface area contributed by atoms with Crippen molar-refractivity contribution >= 4 is 5.91 Å². The van der Waals surface area contributed by atoms with E-state index in [1.54, 1.807) is 0 Å². The summed E-state index contributed by atoms with van der Waals surface area (Å²) in [6.45, 7) is 7.79. The molecule has 2 aliphatic heterocycles. The quantitative estimate of drug-likeness (QED) is 0.829. The lowest BCUT2D eigenvalue weighted by Gasteiger charge is -2.35. The number of hydrogen-bond donors (Lipinski definition) is 0. The van der Waals surface area contributed by atoms with Gasteiger partial charge in [0, 0.05) is 39.3 Å². The minimum absolute atomic E-state index is 0.179. The highest BCUT2D eigenvalue weighted by Crippen LogP contribution is 2.16. The van der Waals surface area contributed by atoms with Crippen LogP contribution >= 0.6 is 0 Å². The van der Waals surface area contributed by atoms with Gasteiger partial charge in [-0.25, -0.2) is 0 Å². The van der Waals surface area contributed by atoms with E-state index < -0.39 is 0 Å². The monoisotopic (exact) mass is 318 g/mol. The van der Waals surface area contributed by atoms with E-state index in [2.05, 4.69) is 24.0 Å². The van der Waals surface area contributed by atoms with E-state index in [0.29, 0.717) is 6.61 Å². The van der Waals surface area contributed by atoms with Crippen molar-refractivity contribution in [1.82, 2.24) is 9.80 Å². The summed E-state index contributed by atoms with van der Waals surface area (Å²) in [4.78, 5) is 16.6. The molecule has 1 aromatic carbocycles. The molecule has 0 radical (unpaired) electrons. The highest BCUT2D eigenvalue weighted by molar-refractivity contribution is 5.81. The Morgan fingerprint density at radius 2 is 2.13 bits per heavy atom. The molecule has 23 heavy (non-hydrogen) atoms. The van der Waals surface area contributed by atoms with Gasteiger partial charge in [0.25, 0.3) is 5.91 Å². The molecular formula is C18H26N2O3. The summed E-state index contributed by atoms with van der Waals surface area (Å²) in [6.07, 6.45) is 1.70. The number of benzene rings is 1. The van der Waals surface area contributed by atoms with Gasteiger partial charge in [0.05, 0.1) is 0 Å². The van der Waals surface area contributed by atoms with Crippen LogP contribution in [0.25, 0.3) is 0 Å². The Labute approximate surface area is 138 Å². The maximum Gasteiger partial charge on any atom is 0.251 e. The Bertz CT molecular complexity index is 521. The molecule has 0 aliphatic carbocycles. The fourth-order valence-corrected chi connectivity index (χ4v) is 3.17. The zero-order valence-corrected chi connectivity index (χ0v) is 13.9. The third-order valence-corrected chi connectivity index (χ3v) is 4.55. The number of aryl methyl sites for hydroxylation is 1. The van der Waals surface area contributed by atoms with E-state index in [1.807, 2.05) is 17.0 Å². The van der Waals surface area contributed by atoms with Gasteiger partial charge in [0.1, 0.15) is 18.5 Å². The van der Waals surface area contributed by atoms with E-state index in [4.69, 9.17) is 9.47 Å². The normalized spacial score (nSPS) is 22.3. The van der Waals surface area contributed by atoms with Crippen molar-refractivity contribution < 1.29 is 14.3 Å². The summed E-state index contributed by atoms with van der Waals surface area (Å²) in [7, 11) is 0. The lowest BCUT2D eigenvalue weighted by Crippen LogP contribution is -2.52. The highest BCUT2D eigenvalue weighted by Gasteiger charge is 2.30. The van der Waals surface area contributed by atoms with Crippen LogP contribution in [0.15, 0.2) is 24.3 Å². The minimum Gasteiger partial charge on any atom is -0.492 e. The average molecular weight is 318 g/mol. The molecule has 5 heteroatoms. The summed E-state index contributed by atoms with van der Waals surface area (Å²) in [5.74, 6) is 1.11. The number of carbonyl (C=O) groups is 1. The molecule has 2 fully saturated rings. The fourth-order valence-electron chi connectivity index (χ4n) is 3.17. The molecule has 0 spiro atoms. The standard InChI is InChI=1S/C18H26N2O3/c1-15-4-2-5-16(14-15)22-13-11-19-7-9-20(10-8-19)18(21)17-6-3-12-23-17/h2,4-5,14,17H,3,6-13H2,1H3. The topological polar surface area (TPSA) is 42.0 Å². The van der Waals surface area contributed by atoms with Crippen molar-refractivity contribution in [2.45, 2.75) is 25.9 Å². The van der Waals surface area contributed by atoms with Crippen molar-refractivity contribution in [3.63, 3.8) is 0 Å². The van der Waals surface area contributed by atoms with Gasteiger partial charge in [-0.3, -0.25) is 9.69 Å². The molecule has 0 aromatic heterocycles. The maximum absolute atomic E-state index is 12.3. The second-order valence-electron chi connectivity index (χ2n) is 6.33. The summed E-state index contributed by atoms with van der Waals surface area (Å²) in [5, 5.41) is 0. The van der Waals surface area contributed by atoms with E-state index in [9.17, 15) is 4.79 Å². The SMILES string of the molecule is Cc1cccc(OCCN2CCN(C(=O)C3CCCO3)CC2)c1. The van der Waals surface area contributed by atoms with Gasteiger partial charge in [0.2, 0.25) is 0 Å². The summed E-state index contributed by atoms with van der Waals surface area (Å²) in [6, 6.07) is 8.13. The predicted molar refractivity (Wildman–Crippen MR) is 88.7 cm³/mol. The van der Waals surface area contributed by atoms with Gasteiger partial charge in [-0.2, -0.15) is 0 Å². The Hall–Kier alpha value is -1.59. The molecule has 126 valence electrons. The smallest absolute Gasteiger partial charge is 0.251 e. The van der Waals surface area contributed by atoms with Gasteiger partial charge >= 0.3 is 0 Å². The number of piperazine rings is 1. The summed E-state index contributed by atoms with van der Waals surface area (Å²) < 4.78 is 11.3. The zero-order chi connectivity index (χ0) is 16.1. The minimum atomic E-state index is -0.189. The molecule has 2 saturated heterocycles. The van der Waals surface area contributed by atoms with Crippen LogP contribution in [0.1, 0.15) is 18.4 Å². The van der Waals surface area contributed by atoms with Gasteiger partial charge in [-0.15, -0.1) is 0 Å². The molecule has 0 bridgehead atoms. The van der Waals surface area contributed by atoms with E-state index in [0.717, 1.165) is 57.9 Å². The third-order valence-electron chi connectivity index (χ3n) is 4.55. The maximum atomic E-state index is 12.3. The Balaban J connectivity index is 1.36. The predicted octanol–water partition coefficient (Wildman–Crippen LogP) is 1.70. The molecule has 0 N–H and O–H groups in total. The van der Waals surface area contributed by atoms with Crippen LogP contribution in [-0.4, -0.2) is 67.7 Å². The van der Waals surface area contributed by atoms with Crippen molar-refractivity contribution in [3.05, 3.63) is 29.8 Å². The number of hydrogen-bond acceptors (Lipinski definition) is 4. The fraction of sp³-hybridized carbons (Fsp3) is 0.611. The van der Waals surface area contributed by atoms with E-state index in [-0.39, 0.29) is 12.0 Å². The van der Waals surface area contributed by atoms with Gasteiger partial charge in [0.15, 0.2) is 0 Å². The zero-order valence-electron chi connectivity index (χ0n) is 13.9. The lowest BCUT2D eigenvalue weighted by atomic mass is 10.2. The van der Waals surface area contributed by atoms with Crippen molar-refractivity contribution in [2.24, 2.45) is 0 Å². The molecule has 5 nitrogen and oxygen atoms in total. The van der Waals surface area contributed by atoms with Crippen molar-refractivity contribution in [1.29, 1.82) is 0 Å². The molecule has 3 rings (SSSR count). The van der Waals surface area contributed by atoms with Crippen molar-refractivity contribution in [2.75, 3.05) is 45.9 Å². The van der Waals surface area contributed by atoms with Crippen LogP contribution < -0.4 is 4.74 Å². The first-order chi connectivity index (χ1) is 11.2. The summed E-state index contributed by atoms with van der Waals surface area (Å²) >= 11 is 0. The highest BCUT2D eigenvalue weighted by atomic mass is 16.5. The number of amides is 1. The first-order valence-corrected chi connectivity index (χ1v) is 8.54. The summed E-state index contributed by atoms with van der Waals surface area (Å²) in [5.41, 5.74) is 1.21. The molecule has 2 heterocycles. The van der Waals surface area contributed by atoms with E-state index in [1.165, 1.54) is 5.56 Å². The van der Waals surface area contributed by atoms with Crippen LogP contribution in [0.5, 0.6) is 5.75 Å². The molecular weight excluding hydrogens is 292 g/mol. The van der Waals surface area contributed by atoms with Gasteiger partial charge in [-0.1, -0.05) is 12.1 Å². The third kappa shape index (κ3) is 4.45. The van der Waals surface area contributed by atoms with Crippen LogP contribution in [0.4, 0.5) is 0 Å². The number of nitrogens with zero attached hydrogens (tertiary/aromatic N) is 2. The number of ether oxygens (including phenoxy) is 2. The second-order valence-corrected chi connectivity index (χ2v) is 6.33. The Morgan fingerprint density at radius 3 is 2.83 bits per heavy atom. The number of carbonyl (C=O) groups excluding carboxylic acids is 1. The molecule has 1 unspecified atom stereocenters. The Morgan fingerprint density at radius 1 is 1.30 bits per heavy atom. The van der Waals surface area contributed by atoms with Gasteiger partial charge < -0.3 is 14.4 Å². The largest absolute Gasteiger partial charge is 0.492 e. The van der Waals surface area contributed by atoms with Crippen LogP contribution in [-0.2, 0) is 9.53 Å². The van der Waals surface area contributed by atoms with Crippen LogP contribution in [0.3, 0.4) is 0 Å².